The topological polar surface area (TPSA) is 72.8 Å². The van der Waals surface area contributed by atoms with Crippen LogP contribution in [0, 0.1) is 0 Å². The molecule has 1 amide bonds. The van der Waals surface area contributed by atoms with Gasteiger partial charge in [-0.1, -0.05) is 11.2 Å². The second-order valence-corrected chi connectivity index (χ2v) is 6.75. The van der Waals surface area contributed by atoms with Crippen LogP contribution in [0.25, 0.3) is 0 Å². The number of carbonyl (C=O) groups is 1. The van der Waals surface area contributed by atoms with E-state index in [0.717, 1.165) is 31.2 Å². The zero-order valence-corrected chi connectivity index (χ0v) is 14.0. The second kappa shape index (κ2) is 7.94. The first-order valence-corrected chi connectivity index (χ1v) is 8.01. The van der Waals surface area contributed by atoms with Gasteiger partial charge in [0, 0.05) is 24.0 Å². The minimum absolute atomic E-state index is 0.0969. The number of amides is 1. The molecule has 0 unspecified atom stereocenters. The van der Waals surface area contributed by atoms with Gasteiger partial charge in [-0.2, -0.15) is 0 Å². The van der Waals surface area contributed by atoms with E-state index in [9.17, 15) is 4.79 Å². The fourth-order valence-corrected chi connectivity index (χ4v) is 2.42. The van der Waals surface area contributed by atoms with Crippen LogP contribution in [0.3, 0.4) is 0 Å². The van der Waals surface area contributed by atoms with Crippen LogP contribution in [-0.2, 0) is 9.57 Å². The number of hydrogen-bond donors (Lipinski definition) is 1. The standard InChI is InChI=1S/C17H25N3O3/c1-17(2,3)22-16(21)20-14-6-8-15(9-7-14)23-19-12-13-5-4-10-18-11-13/h4-5,10-12,14-15H,6-9H2,1-3H3,(H,20,21). The molecule has 0 radical (unpaired) electrons. The van der Waals surface area contributed by atoms with Crippen molar-refractivity contribution in [3.8, 4) is 0 Å². The number of rotatable bonds is 4. The molecule has 23 heavy (non-hydrogen) atoms. The lowest BCUT2D eigenvalue weighted by atomic mass is 9.93. The van der Waals surface area contributed by atoms with E-state index in [4.69, 9.17) is 9.57 Å². The molecule has 1 aliphatic rings. The zero-order valence-electron chi connectivity index (χ0n) is 14.0. The number of ether oxygens (including phenoxy) is 1. The highest BCUT2D eigenvalue weighted by atomic mass is 16.6. The number of aromatic nitrogens is 1. The number of oxime groups is 1. The molecule has 0 aromatic carbocycles. The van der Waals surface area contributed by atoms with Gasteiger partial charge in [-0.15, -0.1) is 0 Å². The van der Waals surface area contributed by atoms with Gasteiger partial charge in [-0.25, -0.2) is 4.79 Å². The Labute approximate surface area is 137 Å². The van der Waals surface area contributed by atoms with E-state index in [2.05, 4.69) is 15.5 Å². The number of nitrogens with zero attached hydrogens (tertiary/aromatic N) is 2. The molecule has 1 aromatic rings. The van der Waals surface area contributed by atoms with Gasteiger partial charge in [0.1, 0.15) is 11.7 Å². The summed E-state index contributed by atoms with van der Waals surface area (Å²) in [7, 11) is 0. The Morgan fingerprint density at radius 3 is 2.70 bits per heavy atom. The number of carbonyl (C=O) groups excluding carboxylic acids is 1. The highest BCUT2D eigenvalue weighted by Gasteiger charge is 2.25. The summed E-state index contributed by atoms with van der Waals surface area (Å²) < 4.78 is 5.27. The smallest absolute Gasteiger partial charge is 0.407 e. The highest BCUT2D eigenvalue weighted by molar-refractivity contribution is 5.78. The van der Waals surface area contributed by atoms with Gasteiger partial charge < -0.3 is 14.9 Å². The van der Waals surface area contributed by atoms with Crippen molar-refractivity contribution in [2.24, 2.45) is 5.16 Å². The van der Waals surface area contributed by atoms with Crippen LogP contribution in [0.15, 0.2) is 29.7 Å². The number of nitrogens with one attached hydrogen (secondary N) is 1. The molecule has 0 saturated heterocycles. The van der Waals surface area contributed by atoms with Crippen molar-refractivity contribution in [3.63, 3.8) is 0 Å². The first-order valence-electron chi connectivity index (χ1n) is 8.01. The van der Waals surface area contributed by atoms with Crippen molar-refractivity contribution in [1.29, 1.82) is 0 Å². The van der Waals surface area contributed by atoms with Gasteiger partial charge in [0.25, 0.3) is 0 Å². The summed E-state index contributed by atoms with van der Waals surface area (Å²) in [5, 5.41) is 6.94. The maximum absolute atomic E-state index is 11.7. The largest absolute Gasteiger partial charge is 0.444 e. The summed E-state index contributed by atoms with van der Waals surface area (Å²) in [4.78, 5) is 21.3. The summed E-state index contributed by atoms with van der Waals surface area (Å²) in [6.07, 6.45) is 8.33. The fraction of sp³-hybridized carbons (Fsp3) is 0.588. The molecule has 0 spiro atoms. The second-order valence-electron chi connectivity index (χ2n) is 6.75. The molecule has 1 fully saturated rings. The molecule has 0 atom stereocenters. The molecule has 1 saturated carbocycles. The first kappa shape index (κ1) is 17.2. The monoisotopic (exact) mass is 319 g/mol. The van der Waals surface area contributed by atoms with Gasteiger partial charge in [-0.05, 0) is 52.5 Å². The maximum Gasteiger partial charge on any atom is 0.407 e. The van der Waals surface area contributed by atoms with E-state index >= 15 is 0 Å². The Hall–Kier alpha value is -2.11. The van der Waals surface area contributed by atoms with E-state index in [0.29, 0.717) is 0 Å². The third-order valence-electron chi connectivity index (χ3n) is 3.49. The van der Waals surface area contributed by atoms with Crippen LogP contribution >= 0.6 is 0 Å². The molecular formula is C17H25N3O3. The molecule has 2 rings (SSSR count). The average molecular weight is 319 g/mol. The SMILES string of the molecule is CC(C)(C)OC(=O)NC1CCC(ON=Cc2cccnc2)CC1. The van der Waals surface area contributed by atoms with Crippen molar-refractivity contribution in [2.75, 3.05) is 0 Å². The highest BCUT2D eigenvalue weighted by Crippen LogP contribution is 2.22. The van der Waals surface area contributed by atoms with Crippen molar-refractivity contribution in [2.45, 2.75) is 64.2 Å². The number of hydrogen-bond acceptors (Lipinski definition) is 5. The number of pyridine rings is 1. The van der Waals surface area contributed by atoms with Crippen molar-refractivity contribution in [3.05, 3.63) is 30.1 Å². The van der Waals surface area contributed by atoms with Gasteiger partial charge in [0.05, 0.1) is 6.21 Å². The summed E-state index contributed by atoms with van der Waals surface area (Å²) in [5.74, 6) is 0. The van der Waals surface area contributed by atoms with Crippen LogP contribution in [0.4, 0.5) is 4.79 Å². The van der Waals surface area contributed by atoms with Crippen LogP contribution in [-0.4, -0.2) is 35.0 Å². The van der Waals surface area contributed by atoms with E-state index in [1.54, 1.807) is 18.6 Å². The Kier molecular flexibility index (Phi) is 5.96. The fourth-order valence-electron chi connectivity index (χ4n) is 2.42. The lowest BCUT2D eigenvalue weighted by molar-refractivity contribution is 0.0220. The summed E-state index contributed by atoms with van der Waals surface area (Å²) in [6.45, 7) is 5.58. The quantitative estimate of drug-likeness (QED) is 0.683. The molecule has 6 nitrogen and oxygen atoms in total. The minimum atomic E-state index is -0.467. The zero-order chi connectivity index (χ0) is 16.7. The molecule has 0 bridgehead atoms. The Bertz CT molecular complexity index is 518. The Morgan fingerprint density at radius 2 is 2.09 bits per heavy atom. The normalized spacial score (nSPS) is 21.9. The van der Waals surface area contributed by atoms with Crippen molar-refractivity contribution < 1.29 is 14.4 Å². The van der Waals surface area contributed by atoms with Crippen LogP contribution in [0.1, 0.15) is 52.0 Å². The minimum Gasteiger partial charge on any atom is -0.444 e. The van der Waals surface area contributed by atoms with Crippen molar-refractivity contribution in [1.82, 2.24) is 10.3 Å². The maximum atomic E-state index is 11.7. The molecule has 6 heteroatoms. The van der Waals surface area contributed by atoms with Gasteiger partial charge in [0.2, 0.25) is 0 Å². The molecule has 0 aliphatic heterocycles. The lowest BCUT2D eigenvalue weighted by Crippen LogP contribution is -2.41. The molecule has 1 heterocycles. The summed E-state index contributed by atoms with van der Waals surface area (Å²) in [6, 6.07) is 3.92. The van der Waals surface area contributed by atoms with Gasteiger partial charge in [0.15, 0.2) is 0 Å². The molecule has 1 N–H and O–H groups in total. The third-order valence-corrected chi connectivity index (χ3v) is 3.49. The summed E-state index contributed by atoms with van der Waals surface area (Å²) >= 11 is 0. The third kappa shape index (κ3) is 6.67. The van der Waals surface area contributed by atoms with Crippen molar-refractivity contribution >= 4 is 12.3 Å². The van der Waals surface area contributed by atoms with Crippen LogP contribution in [0.5, 0.6) is 0 Å². The van der Waals surface area contributed by atoms with E-state index in [1.807, 2.05) is 32.9 Å². The molecule has 1 aromatic heterocycles. The van der Waals surface area contributed by atoms with E-state index in [1.165, 1.54) is 0 Å². The Balaban J connectivity index is 1.68. The van der Waals surface area contributed by atoms with Crippen LogP contribution < -0.4 is 5.32 Å². The van der Waals surface area contributed by atoms with E-state index in [-0.39, 0.29) is 18.2 Å². The lowest BCUT2D eigenvalue weighted by Gasteiger charge is -2.28. The van der Waals surface area contributed by atoms with Gasteiger partial charge in [-0.3, -0.25) is 4.98 Å². The molecule has 1 aliphatic carbocycles. The first-order chi connectivity index (χ1) is 10.9. The molecular weight excluding hydrogens is 294 g/mol. The van der Waals surface area contributed by atoms with Crippen LogP contribution in [0.2, 0.25) is 0 Å². The predicted octanol–water partition coefficient (Wildman–Crippen LogP) is 3.27. The summed E-state index contributed by atoms with van der Waals surface area (Å²) in [5.41, 5.74) is 0.443. The average Bonchev–Trinajstić information content (AvgIpc) is 2.48. The van der Waals surface area contributed by atoms with E-state index < -0.39 is 5.60 Å². The Morgan fingerprint density at radius 1 is 1.35 bits per heavy atom. The van der Waals surface area contributed by atoms with Gasteiger partial charge >= 0.3 is 6.09 Å². The molecule has 126 valence electrons. The predicted molar refractivity (Wildman–Crippen MR) is 88.3 cm³/mol. The number of alkyl carbamates (subject to hydrolysis) is 1.